The van der Waals surface area contributed by atoms with E-state index in [1.54, 1.807) is 6.07 Å². The number of fused-ring (bicyclic) bond motifs is 3. The minimum absolute atomic E-state index is 0.0789. The van der Waals surface area contributed by atoms with Gasteiger partial charge in [-0.25, -0.2) is 13.6 Å². The Labute approximate surface area is 129 Å². The summed E-state index contributed by atoms with van der Waals surface area (Å²) in [5.74, 6) is -0.545. The van der Waals surface area contributed by atoms with Crippen LogP contribution < -0.4 is 15.3 Å². The van der Waals surface area contributed by atoms with Crippen LogP contribution in [0.1, 0.15) is 5.56 Å². The Kier molecular flexibility index (Phi) is 3.26. The molecule has 23 heavy (non-hydrogen) atoms. The van der Waals surface area contributed by atoms with E-state index in [1.807, 2.05) is 4.90 Å². The lowest BCUT2D eigenvalue weighted by molar-refractivity contribution is 0.108. The molecule has 4 rings (SSSR count). The van der Waals surface area contributed by atoms with Crippen molar-refractivity contribution in [2.75, 3.05) is 18.1 Å². The molecule has 6 nitrogen and oxygen atoms in total. The number of benzene rings is 1. The quantitative estimate of drug-likeness (QED) is 0.852. The van der Waals surface area contributed by atoms with Gasteiger partial charge in [0.2, 0.25) is 5.88 Å². The minimum Gasteiger partial charge on any atom is -0.473 e. The van der Waals surface area contributed by atoms with Crippen molar-refractivity contribution >= 4 is 5.82 Å². The zero-order valence-electron chi connectivity index (χ0n) is 12.0. The van der Waals surface area contributed by atoms with Crippen molar-refractivity contribution in [3.63, 3.8) is 0 Å². The number of hydrogen-bond donors (Lipinski definition) is 0. The maximum absolute atomic E-state index is 13.2. The van der Waals surface area contributed by atoms with Crippen LogP contribution in [-0.2, 0) is 17.9 Å². The molecule has 3 heterocycles. The molecule has 0 saturated carbocycles. The summed E-state index contributed by atoms with van der Waals surface area (Å²) in [4.78, 5) is 17.9. The Morgan fingerprint density at radius 2 is 2.04 bits per heavy atom. The van der Waals surface area contributed by atoms with Crippen LogP contribution in [0, 0.1) is 11.6 Å². The summed E-state index contributed by atoms with van der Waals surface area (Å²) >= 11 is 0. The summed E-state index contributed by atoms with van der Waals surface area (Å²) in [5, 5.41) is 0. The van der Waals surface area contributed by atoms with Gasteiger partial charge in [0, 0.05) is 18.7 Å². The molecule has 1 unspecified atom stereocenters. The first-order valence-electron chi connectivity index (χ1n) is 7.18. The standard InChI is InChI=1S/C15H13F2N3O3/c16-10-3-9(4-11(17)5-10)8-23-12-6-13-19-1-2-22-14(19)7-20(13)15(21)18-12/h3-6,14H,1-2,7-8H2. The predicted octanol–water partition coefficient (Wildman–Crippen LogP) is 1.28. The molecule has 1 fully saturated rings. The number of aromatic nitrogens is 2. The van der Waals surface area contributed by atoms with Gasteiger partial charge in [0.15, 0.2) is 0 Å². The lowest BCUT2D eigenvalue weighted by Gasteiger charge is -2.15. The molecule has 0 aliphatic carbocycles. The van der Waals surface area contributed by atoms with E-state index < -0.39 is 17.3 Å². The zero-order valence-corrected chi connectivity index (χ0v) is 12.0. The molecule has 0 bridgehead atoms. The second kappa shape index (κ2) is 5.31. The molecule has 2 aliphatic rings. The number of rotatable bonds is 3. The number of halogens is 2. The minimum atomic E-state index is -0.678. The molecular formula is C15H13F2N3O3. The van der Waals surface area contributed by atoms with E-state index in [2.05, 4.69) is 4.98 Å². The molecule has 0 spiro atoms. The summed E-state index contributed by atoms with van der Waals surface area (Å²) in [6.07, 6.45) is -0.142. The molecule has 120 valence electrons. The Balaban J connectivity index is 1.57. The van der Waals surface area contributed by atoms with Gasteiger partial charge in [-0.15, -0.1) is 0 Å². The first-order chi connectivity index (χ1) is 11.1. The average Bonchev–Trinajstić information content (AvgIpc) is 3.06. The molecule has 1 aromatic heterocycles. The van der Waals surface area contributed by atoms with Crippen molar-refractivity contribution in [2.24, 2.45) is 0 Å². The van der Waals surface area contributed by atoms with Gasteiger partial charge >= 0.3 is 5.69 Å². The van der Waals surface area contributed by atoms with Crippen molar-refractivity contribution in [3.8, 4) is 5.88 Å². The van der Waals surface area contributed by atoms with Gasteiger partial charge in [-0.2, -0.15) is 4.98 Å². The highest BCUT2D eigenvalue weighted by molar-refractivity contribution is 5.46. The smallest absolute Gasteiger partial charge is 0.352 e. The molecule has 1 aromatic carbocycles. The van der Waals surface area contributed by atoms with Gasteiger partial charge in [0.05, 0.1) is 13.2 Å². The molecule has 8 heteroatoms. The third-order valence-electron chi connectivity index (χ3n) is 3.90. The summed E-state index contributed by atoms with van der Waals surface area (Å²) < 4.78 is 38.8. The van der Waals surface area contributed by atoms with Crippen molar-refractivity contribution in [2.45, 2.75) is 19.4 Å². The molecule has 1 saturated heterocycles. The highest BCUT2D eigenvalue weighted by Gasteiger charge is 2.35. The molecular weight excluding hydrogens is 308 g/mol. The van der Waals surface area contributed by atoms with E-state index in [9.17, 15) is 13.6 Å². The van der Waals surface area contributed by atoms with E-state index in [4.69, 9.17) is 9.47 Å². The van der Waals surface area contributed by atoms with Gasteiger partial charge < -0.3 is 14.4 Å². The third-order valence-corrected chi connectivity index (χ3v) is 3.90. The number of hydrogen-bond acceptors (Lipinski definition) is 5. The van der Waals surface area contributed by atoms with E-state index in [0.29, 0.717) is 31.1 Å². The van der Waals surface area contributed by atoms with E-state index >= 15 is 0 Å². The van der Waals surface area contributed by atoms with Crippen LogP contribution in [0.15, 0.2) is 29.1 Å². The summed E-state index contributed by atoms with van der Waals surface area (Å²) in [6, 6.07) is 4.78. The Hall–Kier alpha value is -2.48. The molecule has 0 amide bonds. The van der Waals surface area contributed by atoms with E-state index in [0.717, 1.165) is 6.07 Å². The number of anilines is 1. The van der Waals surface area contributed by atoms with Crippen molar-refractivity contribution in [3.05, 3.63) is 51.9 Å². The Morgan fingerprint density at radius 3 is 2.83 bits per heavy atom. The van der Waals surface area contributed by atoms with Crippen molar-refractivity contribution < 1.29 is 18.3 Å². The Morgan fingerprint density at radius 1 is 1.26 bits per heavy atom. The van der Waals surface area contributed by atoms with Crippen LogP contribution in [0.4, 0.5) is 14.6 Å². The summed E-state index contributed by atoms with van der Waals surface area (Å²) in [5.41, 5.74) is -0.104. The van der Waals surface area contributed by atoms with Crippen LogP contribution in [0.2, 0.25) is 0 Å². The SMILES string of the molecule is O=c1nc(OCc2cc(F)cc(F)c2)cc2n1CC1OCCN21. The largest absolute Gasteiger partial charge is 0.473 e. The third kappa shape index (κ3) is 2.55. The van der Waals surface area contributed by atoms with E-state index in [-0.39, 0.29) is 18.7 Å². The summed E-state index contributed by atoms with van der Waals surface area (Å²) in [7, 11) is 0. The normalized spacial score (nSPS) is 18.9. The first-order valence-corrected chi connectivity index (χ1v) is 7.18. The molecule has 1 atom stereocenters. The highest BCUT2D eigenvalue weighted by atomic mass is 19.1. The zero-order chi connectivity index (χ0) is 16.0. The fraction of sp³-hybridized carbons (Fsp3) is 0.333. The predicted molar refractivity (Wildman–Crippen MR) is 76.3 cm³/mol. The molecule has 0 N–H and O–H groups in total. The van der Waals surface area contributed by atoms with Gasteiger partial charge in [0.1, 0.15) is 30.3 Å². The van der Waals surface area contributed by atoms with Crippen molar-refractivity contribution in [1.82, 2.24) is 9.55 Å². The van der Waals surface area contributed by atoms with Gasteiger partial charge in [-0.1, -0.05) is 0 Å². The maximum atomic E-state index is 13.2. The van der Waals surface area contributed by atoms with Crippen LogP contribution in [0.5, 0.6) is 5.88 Å². The topological polar surface area (TPSA) is 56.6 Å². The summed E-state index contributed by atoms with van der Waals surface area (Å²) in [6.45, 7) is 1.67. The number of nitrogens with zero attached hydrogens (tertiary/aromatic N) is 3. The van der Waals surface area contributed by atoms with Crippen LogP contribution in [-0.4, -0.2) is 28.9 Å². The second-order valence-corrected chi connectivity index (χ2v) is 5.43. The second-order valence-electron chi connectivity index (χ2n) is 5.43. The average molecular weight is 321 g/mol. The highest BCUT2D eigenvalue weighted by Crippen LogP contribution is 2.29. The van der Waals surface area contributed by atoms with Gasteiger partial charge in [0.25, 0.3) is 0 Å². The monoisotopic (exact) mass is 321 g/mol. The van der Waals surface area contributed by atoms with Crippen LogP contribution >= 0.6 is 0 Å². The first kappa shape index (κ1) is 14.1. The molecule has 2 aromatic rings. The number of ether oxygens (including phenoxy) is 2. The van der Waals surface area contributed by atoms with Gasteiger partial charge in [-0.05, 0) is 17.7 Å². The van der Waals surface area contributed by atoms with Crippen LogP contribution in [0.3, 0.4) is 0 Å². The molecule has 0 radical (unpaired) electrons. The fourth-order valence-electron chi connectivity index (χ4n) is 2.90. The fourth-order valence-corrected chi connectivity index (χ4v) is 2.90. The van der Waals surface area contributed by atoms with Crippen LogP contribution in [0.25, 0.3) is 0 Å². The van der Waals surface area contributed by atoms with Gasteiger partial charge in [-0.3, -0.25) is 4.57 Å². The van der Waals surface area contributed by atoms with E-state index in [1.165, 1.54) is 16.7 Å². The lowest BCUT2D eigenvalue weighted by Crippen LogP contribution is -2.25. The maximum Gasteiger partial charge on any atom is 0.352 e. The van der Waals surface area contributed by atoms with Crippen molar-refractivity contribution in [1.29, 1.82) is 0 Å². The lowest BCUT2D eigenvalue weighted by atomic mass is 10.2. The Bertz CT molecular complexity index is 804. The molecule has 2 aliphatic heterocycles.